The molecule has 4 rings (SSSR count). The second-order valence-electron chi connectivity index (χ2n) is 8.64. The first-order valence-corrected chi connectivity index (χ1v) is 13.3. The number of esters is 1. The molecule has 3 amide bonds. The minimum absolute atomic E-state index is 0.0205. The van der Waals surface area contributed by atoms with Crippen LogP contribution in [0.3, 0.4) is 0 Å². The van der Waals surface area contributed by atoms with Crippen molar-refractivity contribution in [2.24, 2.45) is 0 Å². The first-order valence-electron chi connectivity index (χ1n) is 11.5. The zero-order chi connectivity index (χ0) is 26.0. The number of likely N-dealkylation sites (N-methyl/N-ethyl adjacent to an activating group) is 1. The fourth-order valence-electron chi connectivity index (χ4n) is 4.27. The average molecular weight is 515 g/mol. The molecule has 1 saturated heterocycles. The molecule has 0 aromatic heterocycles. The lowest BCUT2D eigenvalue weighted by atomic mass is 10.1. The molecule has 2 aliphatic rings. The number of ether oxygens (including phenoxy) is 2. The smallest absolute Gasteiger partial charge is 0.342 e. The number of sulfone groups is 1. The van der Waals surface area contributed by atoms with Crippen molar-refractivity contribution in [2.45, 2.75) is 25.9 Å². The van der Waals surface area contributed by atoms with Gasteiger partial charge in [-0.05, 0) is 43.2 Å². The van der Waals surface area contributed by atoms with Crippen LogP contribution in [0.5, 0.6) is 5.75 Å². The molecule has 1 atom stereocenters. The summed E-state index contributed by atoms with van der Waals surface area (Å²) in [6.45, 7) is 1.39. The molecule has 0 radical (unpaired) electrons. The number of carbonyl (C=O) groups excluding carboxylic acids is 4. The van der Waals surface area contributed by atoms with Crippen molar-refractivity contribution in [1.82, 2.24) is 9.80 Å². The number of rotatable bonds is 8. The number of carbonyl (C=O) groups is 4. The predicted molar refractivity (Wildman–Crippen MR) is 128 cm³/mol. The van der Waals surface area contributed by atoms with Gasteiger partial charge in [-0.3, -0.25) is 19.3 Å². The summed E-state index contributed by atoms with van der Waals surface area (Å²) in [4.78, 5) is 53.2. The highest BCUT2D eigenvalue weighted by Crippen LogP contribution is 2.27. The molecule has 0 bridgehead atoms. The third-order valence-corrected chi connectivity index (χ3v) is 8.01. The Morgan fingerprint density at radius 1 is 1.08 bits per heavy atom. The number of fused-ring (bicyclic) bond motifs is 1. The topological polar surface area (TPSA) is 127 Å². The van der Waals surface area contributed by atoms with Crippen LogP contribution in [0.25, 0.3) is 0 Å². The van der Waals surface area contributed by atoms with E-state index in [4.69, 9.17) is 9.47 Å². The Morgan fingerprint density at radius 3 is 2.33 bits per heavy atom. The molecule has 0 N–H and O–H groups in total. The standard InChI is InChI=1S/C25H26N2O8S/c1-3-34-21-9-8-16(13-27-23(29)18-6-4-5-7-19(18)24(27)30)12-20(21)25(31)35-14-22(28)26(2)17-10-11-36(32,33)15-17/h4-9,12,17H,3,10-11,13-15H2,1-2H3. The van der Waals surface area contributed by atoms with Gasteiger partial charge in [-0.2, -0.15) is 0 Å². The van der Waals surface area contributed by atoms with Crippen LogP contribution in [-0.4, -0.2) is 79.7 Å². The predicted octanol–water partition coefficient (Wildman–Crippen LogP) is 1.68. The van der Waals surface area contributed by atoms with Gasteiger partial charge in [-0.1, -0.05) is 18.2 Å². The molecule has 0 spiro atoms. The van der Waals surface area contributed by atoms with E-state index < -0.39 is 46.2 Å². The molecule has 36 heavy (non-hydrogen) atoms. The maximum atomic E-state index is 12.9. The number of imide groups is 1. The van der Waals surface area contributed by atoms with Crippen molar-refractivity contribution in [2.75, 3.05) is 31.8 Å². The van der Waals surface area contributed by atoms with E-state index in [9.17, 15) is 27.6 Å². The molecule has 2 aromatic carbocycles. The lowest BCUT2D eigenvalue weighted by Crippen LogP contribution is -2.40. The third-order valence-electron chi connectivity index (χ3n) is 6.26. The van der Waals surface area contributed by atoms with E-state index in [-0.39, 0.29) is 36.0 Å². The van der Waals surface area contributed by atoms with Crippen molar-refractivity contribution in [3.05, 3.63) is 64.7 Å². The van der Waals surface area contributed by atoms with Gasteiger partial charge >= 0.3 is 5.97 Å². The fourth-order valence-corrected chi connectivity index (χ4v) is 6.05. The highest BCUT2D eigenvalue weighted by Gasteiger charge is 2.35. The lowest BCUT2D eigenvalue weighted by Gasteiger charge is -2.23. The van der Waals surface area contributed by atoms with Gasteiger partial charge in [-0.25, -0.2) is 13.2 Å². The fraction of sp³-hybridized carbons (Fsp3) is 0.360. The number of amides is 3. The Hall–Kier alpha value is -3.73. The number of hydrogen-bond acceptors (Lipinski definition) is 8. The molecule has 2 aliphatic heterocycles. The van der Waals surface area contributed by atoms with Gasteiger partial charge in [0.15, 0.2) is 16.4 Å². The molecule has 1 fully saturated rings. The van der Waals surface area contributed by atoms with Crippen molar-refractivity contribution in [3.8, 4) is 5.75 Å². The van der Waals surface area contributed by atoms with Gasteiger partial charge in [0.2, 0.25) is 0 Å². The quantitative estimate of drug-likeness (QED) is 0.385. The summed E-state index contributed by atoms with van der Waals surface area (Å²) < 4.78 is 34.1. The van der Waals surface area contributed by atoms with Gasteiger partial charge in [0.1, 0.15) is 11.3 Å². The maximum absolute atomic E-state index is 12.9. The highest BCUT2D eigenvalue weighted by molar-refractivity contribution is 7.91. The Kier molecular flexibility index (Phi) is 7.11. The summed E-state index contributed by atoms with van der Waals surface area (Å²) in [5.74, 6) is -2.04. The molecule has 11 heteroatoms. The molecular weight excluding hydrogens is 488 g/mol. The number of benzene rings is 2. The Bertz CT molecular complexity index is 1300. The second-order valence-corrected chi connectivity index (χ2v) is 10.9. The summed E-state index contributed by atoms with van der Waals surface area (Å²) in [6, 6.07) is 10.7. The normalized spacial score (nSPS) is 18.2. The van der Waals surface area contributed by atoms with Crippen LogP contribution in [0, 0.1) is 0 Å². The van der Waals surface area contributed by atoms with E-state index in [1.165, 1.54) is 18.0 Å². The van der Waals surface area contributed by atoms with E-state index in [0.717, 1.165) is 4.90 Å². The van der Waals surface area contributed by atoms with Gasteiger partial charge in [0, 0.05) is 13.1 Å². The first kappa shape index (κ1) is 25.4. The third kappa shape index (κ3) is 5.11. The van der Waals surface area contributed by atoms with Gasteiger partial charge in [-0.15, -0.1) is 0 Å². The molecule has 2 aromatic rings. The van der Waals surface area contributed by atoms with Crippen LogP contribution in [-0.2, 0) is 25.9 Å². The second kappa shape index (κ2) is 10.1. The van der Waals surface area contributed by atoms with Crippen LogP contribution in [0.1, 0.15) is 50.0 Å². The van der Waals surface area contributed by atoms with E-state index in [2.05, 4.69) is 0 Å². The van der Waals surface area contributed by atoms with Crippen LogP contribution in [0.15, 0.2) is 42.5 Å². The van der Waals surface area contributed by atoms with E-state index in [1.807, 2.05) is 0 Å². The van der Waals surface area contributed by atoms with Crippen molar-refractivity contribution in [3.63, 3.8) is 0 Å². The summed E-state index contributed by atoms with van der Waals surface area (Å²) in [5, 5.41) is 0. The largest absolute Gasteiger partial charge is 0.493 e. The van der Waals surface area contributed by atoms with Crippen molar-refractivity contribution < 1.29 is 37.1 Å². The molecule has 10 nitrogen and oxygen atoms in total. The summed E-state index contributed by atoms with van der Waals surface area (Å²) in [7, 11) is -1.69. The number of hydrogen-bond donors (Lipinski definition) is 0. The van der Waals surface area contributed by atoms with Gasteiger partial charge < -0.3 is 14.4 Å². The Balaban J connectivity index is 1.46. The van der Waals surface area contributed by atoms with Crippen LogP contribution in [0.4, 0.5) is 0 Å². The SMILES string of the molecule is CCOc1ccc(CN2C(=O)c3ccccc3C2=O)cc1C(=O)OCC(=O)N(C)C1CCS(=O)(=O)C1. The Morgan fingerprint density at radius 2 is 1.75 bits per heavy atom. The van der Waals surface area contributed by atoms with Crippen molar-refractivity contribution >= 4 is 33.5 Å². The molecule has 1 unspecified atom stereocenters. The zero-order valence-corrected chi connectivity index (χ0v) is 20.7. The van der Waals surface area contributed by atoms with E-state index in [1.54, 1.807) is 43.3 Å². The molecule has 2 heterocycles. The highest BCUT2D eigenvalue weighted by atomic mass is 32.2. The van der Waals surface area contributed by atoms with Gasteiger partial charge in [0.25, 0.3) is 17.7 Å². The molecule has 190 valence electrons. The molecule has 0 aliphatic carbocycles. The minimum atomic E-state index is -3.17. The zero-order valence-electron chi connectivity index (χ0n) is 19.9. The summed E-state index contributed by atoms with van der Waals surface area (Å²) in [6.07, 6.45) is 0.340. The van der Waals surface area contributed by atoms with Crippen LogP contribution in [0.2, 0.25) is 0 Å². The van der Waals surface area contributed by atoms with Gasteiger partial charge in [0.05, 0.1) is 35.8 Å². The minimum Gasteiger partial charge on any atom is -0.493 e. The lowest BCUT2D eigenvalue weighted by molar-refractivity contribution is -0.134. The van der Waals surface area contributed by atoms with E-state index >= 15 is 0 Å². The summed E-state index contributed by atoms with van der Waals surface area (Å²) in [5.41, 5.74) is 1.20. The maximum Gasteiger partial charge on any atom is 0.342 e. The van der Waals surface area contributed by atoms with Crippen molar-refractivity contribution in [1.29, 1.82) is 0 Å². The van der Waals surface area contributed by atoms with Crippen LogP contribution >= 0.6 is 0 Å². The average Bonchev–Trinajstić information content (AvgIpc) is 3.34. The monoisotopic (exact) mass is 514 g/mol. The molecule has 0 saturated carbocycles. The summed E-state index contributed by atoms with van der Waals surface area (Å²) >= 11 is 0. The van der Waals surface area contributed by atoms with E-state index in [0.29, 0.717) is 23.1 Å². The van der Waals surface area contributed by atoms with Crippen LogP contribution < -0.4 is 4.74 Å². The molecular formula is C25H26N2O8S. The first-order chi connectivity index (χ1) is 17.1. The Labute approximate surface area is 208 Å². The number of nitrogens with zero attached hydrogens (tertiary/aromatic N) is 2.